The molecule has 0 aliphatic carbocycles. The van der Waals surface area contributed by atoms with Gasteiger partial charge in [-0.05, 0) is 17.5 Å². The highest BCUT2D eigenvalue weighted by atomic mass is 32.2. The van der Waals surface area contributed by atoms with Crippen LogP contribution in [0, 0.1) is 0 Å². The Kier molecular flexibility index (Phi) is 3.03. The minimum absolute atomic E-state index is 1.15. The van der Waals surface area contributed by atoms with Gasteiger partial charge < -0.3 is 0 Å². The minimum atomic E-state index is 1.15. The van der Waals surface area contributed by atoms with E-state index in [1.165, 1.54) is 11.9 Å². The molecule has 0 aromatic heterocycles. The van der Waals surface area contributed by atoms with E-state index in [4.69, 9.17) is 0 Å². The lowest BCUT2D eigenvalue weighted by Crippen LogP contribution is -1.75. The molecule has 0 spiro atoms. The molecule has 0 fully saturated rings. The molecule has 0 unspecified atom stereocenters. The fourth-order valence-electron chi connectivity index (χ4n) is 0.653. The summed E-state index contributed by atoms with van der Waals surface area (Å²) in [4.78, 5) is 0. The average Bonchev–Trinajstić information content (AvgIpc) is 2.03. The predicted molar refractivity (Wildman–Crippen MR) is 47.6 cm³/mol. The molecule has 1 aromatic rings. The Morgan fingerprint density at radius 1 is 1.30 bits per heavy atom. The zero-order chi connectivity index (χ0) is 7.23. The van der Waals surface area contributed by atoms with E-state index in [1.54, 1.807) is 0 Å². The van der Waals surface area contributed by atoms with Gasteiger partial charge in [0.2, 0.25) is 0 Å². The number of rotatable bonds is 2. The van der Waals surface area contributed by atoms with Crippen molar-refractivity contribution < 1.29 is 0 Å². The summed E-state index contributed by atoms with van der Waals surface area (Å²) in [7, 11) is 0. The summed E-state index contributed by atoms with van der Waals surface area (Å²) in [6.45, 7) is 0. The van der Waals surface area contributed by atoms with Gasteiger partial charge in [-0.3, -0.25) is 0 Å². The lowest BCUT2D eigenvalue weighted by atomic mass is 10.2. The van der Waals surface area contributed by atoms with Crippen LogP contribution in [0.2, 0.25) is 0 Å². The summed E-state index contributed by atoms with van der Waals surface area (Å²) >= 11 is 1.47. The van der Waals surface area contributed by atoms with Crippen LogP contribution in [-0.4, -0.2) is 12.5 Å². The second-order valence-corrected chi connectivity index (χ2v) is 2.40. The molecule has 10 heavy (non-hydrogen) atoms. The van der Waals surface area contributed by atoms with E-state index in [2.05, 4.69) is 4.40 Å². The maximum Gasteiger partial charge on any atom is 0.0423 e. The van der Waals surface area contributed by atoms with Crippen LogP contribution in [0.3, 0.4) is 0 Å². The molecule has 2 heteroatoms. The highest BCUT2D eigenvalue weighted by Gasteiger charge is 1.80. The smallest absolute Gasteiger partial charge is 0.0423 e. The Labute approximate surface area is 65.3 Å². The first-order valence-corrected chi connectivity index (χ1v) is 4.23. The summed E-state index contributed by atoms with van der Waals surface area (Å²) in [5.41, 5.74) is 1.15. The molecule has 52 valence electrons. The third-order valence-corrected chi connectivity index (χ3v) is 1.42. The Bertz CT molecular complexity index is 206. The SMILES string of the molecule is CSN=Cc1ccccc1. The van der Waals surface area contributed by atoms with Crippen molar-refractivity contribution in [3.05, 3.63) is 35.9 Å². The Hall–Kier alpha value is -0.760. The molecule has 0 saturated carbocycles. The van der Waals surface area contributed by atoms with Crippen LogP contribution >= 0.6 is 11.9 Å². The molecule has 0 N–H and O–H groups in total. The molecule has 0 aliphatic rings. The van der Waals surface area contributed by atoms with E-state index in [9.17, 15) is 0 Å². The first-order chi connectivity index (χ1) is 4.93. The molecular weight excluding hydrogens is 142 g/mol. The van der Waals surface area contributed by atoms with Crippen LogP contribution in [-0.2, 0) is 0 Å². The quantitative estimate of drug-likeness (QED) is 0.467. The first-order valence-electron chi connectivity index (χ1n) is 3.05. The molecule has 0 heterocycles. The second-order valence-electron chi connectivity index (χ2n) is 1.83. The predicted octanol–water partition coefficient (Wildman–Crippen LogP) is 2.38. The summed E-state index contributed by atoms with van der Waals surface area (Å²) in [5, 5.41) is 0. The Balaban J connectivity index is 2.67. The molecule has 0 atom stereocenters. The molecule has 0 radical (unpaired) electrons. The lowest BCUT2D eigenvalue weighted by Gasteiger charge is -1.87. The van der Waals surface area contributed by atoms with E-state index >= 15 is 0 Å². The number of hydrogen-bond acceptors (Lipinski definition) is 2. The maximum atomic E-state index is 4.03. The standard InChI is InChI=1S/C8H9NS/c1-10-9-7-8-5-3-2-4-6-8/h2-7H,1H3. The summed E-state index contributed by atoms with van der Waals surface area (Å²) in [6, 6.07) is 10.1. The van der Waals surface area contributed by atoms with E-state index in [0.29, 0.717) is 0 Å². The van der Waals surface area contributed by atoms with Gasteiger partial charge in [0.25, 0.3) is 0 Å². The van der Waals surface area contributed by atoms with Crippen LogP contribution in [0.25, 0.3) is 0 Å². The van der Waals surface area contributed by atoms with Crippen molar-refractivity contribution in [2.24, 2.45) is 4.40 Å². The molecular formula is C8H9NS. The highest BCUT2D eigenvalue weighted by Crippen LogP contribution is 1.97. The van der Waals surface area contributed by atoms with Crippen molar-refractivity contribution in [3.63, 3.8) is 0 Å². The maximum absolute atomic E-state index is 4.03. The van der Waals surface area contributed by atoms with Crippen molar-refractivity contribution in [3.8, 4) is 0 Å². The lowest BCUT2D eigenvalue weighted by molar-refractivity contribution is 1.67. The zero-order valence-electron chi connectivity index (χ0n) is 5.82. The molecule has 1 aromatic carbocycles. The van der Waals surface area contributed by atoms with Gasteiger partial charge in [0.1, 0.15) is 0 Å². The molecule has 0 bridgehead atoms. The van der Waals surface area contributed by atoms with Crippen LogP contribution in [0.5, 0.6) is 0 Å². The second kappa shape index (κ2) is 4.12. The van der Waals surface area contributed by atoms with Crippen LogP contribution < -0.4 is 0 Å². The van der Waals surface area contributed by atoms with Gasteiger partial charge in [-0.1, -0.05) is 30.3 Å². The van der Waals surface area contributed by atoms with Gasteiger partial charge in [-0.2, -0.15) is 0 Å². The van der Waals surface area contributed by atoms with Gasteiger partial charge in [-0.25, -0.2) is 4.40 Å². The van der Waals surface area contributed by atoms with Crippen LogP contribution in [0.1, 0.15) is 5.56 Å². The van der Waals surface area contributed by atoms with E-state index < -0.39 is 0 Å². The van der Waals surface area contributed by atoms with Crippen molar-refractivity contribution in [2.75, 3.05) is 6.26 Å². The molecule has 1 rings (SSSR count). The Morgan fingerprint density at radius 2 is 2.00 bits per heavy atom. The third-order valence-electron chi connectivity index (χ3n) is 1.11. The van der Waals surface area contributed by atoms with Crippen molar-refractivity contribution in [1.29, 1.82) is 0 Å². The molecule has 1 nitrogen and oxygen atoms in total. The summed E-state index contributed by atoms with van der Waals surface area (Å²) < 4.78 is 4.03. The Morgan fingerprint density at radius 3 is 2.60 bits per heavy atom. The number of nitrogens with zero attached hydrogens (tertiary/aromatic N) is 1. The fraction of sp³-hybridized carbons (Fsp3) is 0.125. The van der Waals surface area contributed by atoms with Crippen molar-refractivity contribution in [2.45, 2.75) is 0 Å². The molecule has 0 saturated heterocycles. The number of hydrogen-bond donors (Lipinski definition) is 0. The molecule has 0 aliphatic heterocycles. The van der Waals surface area contributed by atoms with E-state index in [1.807, 2.05) is 42.8 Å². The zero-order valence-corrected chi connectivity index (χ0v) is 6.64. The van der Waals surface area contributed by atoms with Gasteiger partial charge >= 0.3 is 0 Å². The van der Waals surface area contributed by atoms with Gasteiger partial charge in [0, 0.05) is 12.5 Å². The molecule has 0 amide bonds. The van der Waals surface area contributed by atoms with Crippen molar-refractivity contribution in [1.82, 2.24) is 0 Å². The normalized spacial score (nSPS) is 10.5. The monoisotopic (exact) mass is 151 g/mol. The number of benzene rings is 1. The van der Waals surface area contributed by atoms with Gasteiger partial charge in [0.15, 0.2) is 0 Å². The first kappa shape index (κ1) is 7.35. The average molecular weight is 151 g/mol. The third kappa shape index (κ3) is 2.23. The van der Waals surface area contributed by atoms with E-state index in [-0.39, 0.29) is 0 Å². The van der Waals surface area contributed by atoms with Crippen molar-refractivity contribution >= 4 is 18.2 Å². The summed E-state index contributed by atoms with van der Waals surface area (Å²) in [6.07, 6.45) is 3.80. The highest BCUT2D eigenvalue weighted by molar-refractivity contribution is 7.97. The summed E-state index contributed by atoms with van der Waals surface area (Å²) in [5.74, 6) is 0. The fourth-order valence-corrected chi connectivity index (χ4v) is 0.880. The van der Waals surface area contributed by atoms with Gasteiger partial charge in [-0.15, -0.1) is 0 Å². The van der Waals surface area contributed by atoms with Gasteiger partial charge in [0.05, 0.1) is 0 Å². The topological polar surface area (TPSA) is 12.4 Å². The largest absolute Gasteiger partial charge is 0.224 e. The van der Waals surface area contributed by atoms with Crippen LogP contribution in [0.4, 0.5) is 0 Å². The minimum Gasteiger partial charge on any atom is -0.224 e. The van der Waals surface area contributed by atoms with E-state index in [0.717, 1.165) is 5.56 Å². The van der Waals surface area contributed by atoms with Crippen LogP contribution in [0.15, 0.2) is 34.7 Å².